The number of carbonyl (C=O) groups excluding carboxylic acids is 1. The topological polar surface area (TPSA) is 63.6 Å². The summed E-state index contributed by atoms with van der Waals surface area (Å²) in [6, 6.07) is 3.33. The Morgan fingerprint density at radius 2 is 2.00 bits per heavy atom. The highest BCUT2D eigenvalue weighted by Gasteiger charge is 2.32. The number of halogens is 3. The number of thiazole rings is 1. The van der Waals surface area contributed by atoms with Crippen LogP contribution in [0.15, 0.2) is 28.4 Å². The zero-order chi connectivity index (χ0) is 20.3. The molecule has 152 valence electrons. The smallest absolute Gasteiger partial charge is 0.378 e. The van der Waals surface area contributed by atoms with Crippen LogP contribution in [0.1, 0.15) is 17.7 Å². The molecule has 6 nitrogen and oxygen atoms in total. The number of nitrogens with zero attached hydrogens (tertiary/aromatic N) is 2. The van der Waals surface area contributed by atoms with Crippen LogP contribution in [0.5, 0.6) is 0 Å². The van der Waals surface area contributed by atoms with Gasteiger partial charge in [0.1, 0.15) is 0 Å². The highest BCUT2D eigenvalue weighted by molar-refractivity contribution is 7.07. The molecular weight excluding hydrogens is 395 g/mol. The van der Waals surface area contributed by atoms with E-state index in [0.29, 0.717) is 32.0 Å². The van der Waals surface area contributed by atoms with E-state index in [1.54, 1.807) is 12.3 Å². The lowest BCUT2D eigenvalue weighted by atomic mass is 10.1. The van der Waals surface area contributed by atoms with E-state index in [1.165, 1.54) is 10.6 Å². The number of alkyl halides is 3. The molecule has 1 fully saturated rings. The molecule has 0 unspecified atom stereocenters. The summed E-state index contributed by atoms with van der Waals surface area (Å²) < 4.78 is 46.1. The van der Waals surface area contributed by atoms with E-state index in [4.69, 9.17) is 4.74 Å². The molecule has 1 saturated heterocycles. The van der Waals surface area contributed by atoms with Crippen molar-refractivity contribution in [2.45, 2.75) is 26.1 Å². The van der Waals surface area contributed by atoms with Crippen LogP contribution in [0.25, 0.3) is 0 Å². The van der Waals surface area contributed by atoms with E-state index in [9.17, 15) is 22.8 Å². The Hall–Kier alpha value is -2.33. The second-order valence-electron chi connectivity index (χ2n) is 6.42. The predicted octanol–water partition coefficient (Wildman–Crippen LogP) is 3.10. The summed E-state index contributed by atoms with van der Waals surface area (Å²) in [6.45, 7) is 3.92. The van der Waals surface area contributed by atoms with Gasteiger partial charge in [0.25, 0.3) is 0 Å². The lowest BCUT2D eigenvalue weighted by molar-refractivity contribution is -0.137. The molecule has 1 amide bonds. The van der Waals surface area contributed by atoms with Crippen molar-refractivity contribution in [1.82, 2.24) is 4.57 Å². The van der Waals surface area contributed by atoms with Gasteiger partial charge in [0.15, 0.2) is 0 Å². The van der Waals surface area contributed by atoms with E-state index in [1.807, 2.05) is 4.90 Å². The van der Waals surface area contributed by atoms with Gasteiger partial charge in [0.05, 0.1) is 30.2 Å². The zero-order valence-electron chi connectivity index (χ0n) is 15.2. The van der Waals surface area contributed by atoms with Crippen LogP contribution in [-0.4, -0.2) is 36.8 Å². The molecule has 2 aromatic rings. The second-order valence-corrected chi connectivity index (χ2v) is 7.24. The Morgan fingerprint density at radius 1 is 1.29 bits per heavy atom. The molecule has 0 spiro atoms. The largest absolute Gasteiger partial charge is 0.416 e. The summed E-state index contributed by atoms with van der Waals surface area (Å²) >= 11 is 1.04. The van der Waals surface area contributed by atoms with Crippen molar-refractivity contribution in [3.8, 4) is 0 Å². The predicted molar refractivity (Wildman–Crippen MR) is 101 cm³/mol. The molecule has 28 heavy (non-hydrogen) atoms. The van der Waals surface area contributed by atoms with Crippen molar-refractivity contribution in [2.24, 2.45) is 0 Å². The molecule has 1 N–H and O–H groups in total. The van der Waals surface area contributed by atoms with Crippen LogP contribution in [0.4, 0.5) is 24.5 Å². The lowest BCUT2D eigenvalue weighted by Gasteiger charge is -2.31. The van der Waals surface area contributed by atoms with Gasteiger partial charge in [-0.2, -0.15) is 13.2 Å². The van der Waals surface area contributed by atoms with E-state index in [0.717, 1.165) is 29.2 Å². The van der Waals surface area contributed by atoms with Gasteiger partial charge in [-0.3, -0.25) is 9.59 Å². The summed E-state index contributed by atoms with van der Waals surface area (Å²) in [5.41, 5.74) is 0.547. The maximum Gasteiger partial charge on any atom is 0.416 e. The first-order chi connectivity index (χ1) is 13.3. The summed E-state index contributed by atoms with van der Waals surface area (Å²) in [5.74, 6) is -0.452. The van der Waals surface area contributed by atoms with Gasteiger partial charge >= 0.3 is 11.0 Å². The van der Waals surface area contributed by atoms with Crippen molar-refractivity contribution < 1.29 is 22.7 Å². The third-order valence-electron chi connectivity index (χ3n) is 4.49. The minimum absolute atomic E-state index is 0.0176. The first-order valence-electron chi connectivity index (χ1n) is 8.74. The Bertz CT molecular complexity index is 901. The van der Waals surface area contributed by atoms with Crippen molar-refractivity contribution in [3.05, 3.63) is 44.5 Å². The average Bonchev–Trinajstić information content (AvgIpc) is 2.98. The van der Waals surface area contributed by atoms with E-state index < -0.39 is 17.6 Å². The number of rotatable bonds is 5. The van der Waals surface area contributed by atoms with Gasteiger partial charge < -0.3 is 19.5 Å². The Labute approximate surface area is 163 Å². The molecule has 0 radical (unpaired) electrons. The fourth-order valence-electron chi connectivity index (χ4n) is 2.99. The minimum atomic E-state index is -4.51. The van der Waals surface area contributed by atoms with Crippen LogP contribution in [-0.2, 0) is 22.3 Å². The van der Waals surface area contributed by atoms with E-state index in [-0.39, 0.29) is 23.5 Å². The molecule has 3 rings (SSSR count). The number of morpholine rings is 1. The van der Waals surface area contributed by atoms with Gasteiger partial charge in [-0.25, -0.2) is 0 Å². The van der Waals surface area contributed by atoms with Crippen molar-refractivity contribution >= 4 is 28.6 Å². The number of benzene rings is 1. The maximum atomic E-state index is 13.1. The van der Waals surface area contributed by atoms with Crippen LogP contribution >= 0.6 is 11.3 Å². The Balaban J connectivity index is 1.79. The van der Waals surface area contributed by atoms with Gasteiger partial charge in [-0.1, -0.05) is 11.3 Å². The van der Waals surface area contributed by atoms with Crippen molar-refractivity contribution in [1.29, 1.82) is 0 Å². The normalized spacial score (nSPS) is 14.9. The second kappa shape index (κ2) is 8.36. The SMILES string of the molecule is Cc1csc(=O)n1CCC(=O)Nc1cc(C(F)(F)F)ccc1N1CCOCC1. The Kier molecular flexibility index (Phi) is 6.09. The third-order valence-corrected chi connectivity index (χ3v) is 5.37. The number of hydrogen-bond acceptors (Lipinski definition) is 5. The molecule has 1 aliphatic rings. The summed E-state index contributed by atoms with van der Waals surface area (Å²) in [6.07, 6.45) is -4.53. The number of anilines is 2. The number of hydrogen-bond donors (Lipinski definition) is 1. The van der Waals surface area contributed by atoms with Gasteiger partial charge in [-0.15, -0.1) is 0 Å². The minimum Gasteiger partial charge on any atom is -0.378 e. The molecular formula is C18H20F3N3O3S. The number of ether oxygens (including phenoxy) is 1. The number of aromatic nitrogens is 1. The van der Waals surface area contributed by atoms with E-state index >= 15 is 0 Å². The molecule has 0 atom stereocenters. The quantitative estimate of drug-likeness (QED) is 0.815. The number of carbonyl (C=O) groups is 1. The first kappa shape index (κ1) is 20.4. The third kappa shape index (κ3) is 4.74. The van der Waals surface area contributed by atoms with Gasteiger partial charge in [0, 0.05) is 37.1 Å². The molecule has 0 aliphatic carbocycles. The Morgan fingerprint density at radius 3 is 2.61 bits per heavy atom. The lowest BCUT2D eigenvalue weighted by Crippen LogP contribution is -2.37. The molecule has 1 aromatic carbocycles. The fraction of sp³-hybridized carbons (Fsp3) is 0.444. The fourth-order valence-corrected chi connectivity index (χ4v) is 3.75. The first-order valence-corrected chi connectivity index (χ1v) is 9.62. The van der Waals surface area contributed by atoms with Gasteiger partial charge in [-0.05, 0) is 25.1 Å². The number of nitrogens with one attached hydrogen (secondary N) is 1. The number of amides is 1. The van der Waals surface area contributed by atoms with Crippen LogP contribution in [0.2, 0.25) is 0 Å². The van der Waals surface area contributed by atoms with Crippen LogP contribution in [0.3, 0.4) is 0 Å². The summed E-state index contributed by atoms with van der Waals surface area (Å²) in [4.78, 5) is 25.8. The summed E-state index contributed by atoms with van der Waals surface area (Å²) in [7, 11) is 0. The van der Waals surface area contributed by atoms with Gasteiger partial charge in [0.2, 0.25) is 5.91 Å². The molecule has 0 saturated carbocycles. The zero-order valence-corrected chi connectivity index (χ0v) is 16.0. The molecule has 2 heterocycles. The highest BCUT2D eigenvalue weighted by Crippen LogP contribution is 2.35. The average molecular weight is 415 g/mol. The van der Waals surface area contributed by atoms with E-state index in [2.05, 4.69) is 5.32 Å². The van der Waals surface area contributed by atoms with Crippen LogP contribution in [0, 0.1) is 6.92 Å². The molecule has 0 bridgehead atoms. The summed E-state index contributed by atoms with van der Waals surface area (Å²) in [5, 5.41) is 4.29. The van der Waals surface area contributed by atoms with Crippen molar-refractivity contribution in [2.75, 3.05) is 36.5 Å². The number of aryl methyl sites for hydroxylation is 1. The standard InChI is InChI=1S/C18H20F3N3O3S/c1-12-11-28-17(26)24(12)5-4-16(25)22-14-10-13(18(19,20)21)2-3-15(14)23-6-8-27-9-7-23/h2-3,10-11H,4-9H2,1H3,(H,22,25). The molecule has 1 aliphatic heterocycles. The van der Waals surface area contributed by atoms with Crippen molar-refractivity contribution in [3.63, 3.8) is 0 Å². The highest BCUT2D eigenvalue weighted by atomic mass is 32.1. The maximum absolute atomic E-state index is 13.1. The van der Waals surface area contributed by atoms with Crippen LogP contribution < -0.4 is 15.1 Å². The molecule has 10 heteroatoms. The monoisotopic (exact) mass is 415 g/mol. The molecule has 1 aromatic heterocycles.